The number of thiophene rings is 1. The first kappa shape index (κ1) is 24.1. The smallest absolute Gasteiger partial charge is 0.247 e. The number of amides is 2. The zero-order chi connectivity index (χ0) is 22.9. The van der Waals surface area contributed by atoms with Crippen LogP contribution in [0, 0.1) is 0 Å². The van der Waals surface area contributed by atoms with Crippen LogP contribution in [0.25, 0.3) is 0 Å². The van der Waals surface area contributed by atoms with E-state index in [9.17, 15) is 9.59 Å². The number of unbranched alkanes of at least 4 members (excludes halogenated alkanes) is 1. The second kappa shape index (κ2) is 11.9. The Morgan fingerprint density at radius 1 is 1.19 bits per heavy atom. The summed E-state index contributed by atoms with van der Waals surface area (Å²) in [6.07, 6.45) is 6.22. The molecular weight excluding hydrogens is 424 g/mol. The van der Waals surface area contributed by atoms with Crippen LogP contribution in [0.1, 0.15) is 61.9 Å². The highest BCUT2D eigenvalue weighted by molar-refractivity contribution is 7.10. The van der Waals surface area contributed by atoms with Crippen LogP contribution in [-0.4, -0.2) is 43.5 Å². The van der Waals surface area contributed by atoms with E-state index in [1.807, 2.05) is 23.6 Å². The van der Waals surface area contributed by atoms with E-state index in [2.05, 4.69) is 12.2 Å². The first-order valence-corrected chi connectivity index (χ1v) is 12.3. The summed E-state index contributed by atoms with van der Waals surface area (Å²) in [6, 6.07) is 8.69. The Hall–Kier alpha value is -2.54. The summed E-state index contributed by atoms with van der Waals surface area (Å²) < 4.78 is 11.1. The summed E-state index contributed by atoms with van der Waals surface area (Å²) in [6.45, 7) is 2.59. The molecule has 7 heteroatoms. The van der Waals surface area contributed by atoms with Gasteiger partial charge >= 0.3 is 0 Å². The Bertz CT molecular complexity index is 878. The highest BCUT2D eigenvalue weighted by Gasteiger charge is 2.35. The molecule has 1 atom stereocenters. The van der Waals surface area contributed by atoms with Gasteiger partial charge in [-0.05, 0) is 48.9 Å². The van der Waals surface area contributed by atoms with Crippen LogP contribution in [-0.2, 0) is 16.0 Å². The van der Waals surface area contributed by atoms with Crippen LogP contribution in [0.5, 0.6) is 11.5 Å². The molecule has 1 heterocycles. The van der Waals surface area contributed by atoms with Crippen molar-refractivity contribution in [3.8, 4) is 11.5 Å². The number of nitrogens with zero attached hydrogens (tertiary/aromatic N) is 1. The van der Waals surface area contributed by atoms with Crippen molar-refractivity contribution < 1.29 is 19.1 Å². The maximum Gasteiger partial charge on any atom is 0.247 e. The van der Waals surface area contributed by atoms with Gasteiger partial charge in [0.05, 0.1) is 20.6 Å². The zero-order valence-electron chi connectivity index (χ0n) is 19.3. The number of nitrogens with one attached hydrogen (secondary N) is 1. The Kier molecular flexibility index (Phi) is 8.97. The van der Waals surface area contributed by atoms with Crippen molar-refractivity contribution in [3.05, 3.63) is 46.2 Å². The molecule has 1 aromatic carbocycles. The van der Waals surface area contributed by atoms with Crippen molar-refractivity contribution in [1.82, 2.24) is 10.2 Å². The molecule has 0 radical (unpaired) electrons. The Morgan fingerprint density at radius 2 is 1.97 bits per heavy atom. The van der Waals surface area contributed by atoms with Crippen molar-refractivity contribution >= 4 is 23.2 Å². The SMILES string of the molecule is CCCCN(C(=O)Cc1cccs1)[C@H](C(=O)NC1CCCC1)c1cc(OC)ccc1OC. The van der Waals surface area contributed by atoms with Gasteiger partial charge in [-0.15, -0.1) is 11.3 Å². The number of carbonyl (C=O) groups is 2. The molecule has 0 unspecified atom stereocenters. The number of methoxy groups -OCH3 is 2. The lowest BCUT2D eigenvalue weighted by molar-refractivity contribution is -0.140. The van der Waals surface area contributed by atoms with Gasteiger partial charge < -0.3 is 19.7 Å². The highest BCUT2D eigenvalue weighted by atomic mass is 32.1. The molecule has 174 valence electrons. The molecule has 2 aromatic rings. The Balaban J connectivity index is 2.00. The van der Waals surface area contributed by atoms with Gasteiger partial charge in [0.25, 0.3) is 0 Å². The minimum atomic E-state index is -0.778. The molecule has 1 aliphatic carbocycles. The van der Waals surface area contributed by atoms with Gasteiger partial charge in [-0.25, -0.2) is 0 Å². The monoisotopic (exact) mass is 458 g/mol. The van der Waals surface area contributed by atoms with E-state index in [0.717, 1.165) is 43.4 Å². The van der Waals surface area contributed by atoms with Crippen LogP contribution in [0.4, 0.5) is 0 Å². The van der Waals surface area contributed by atoms with Crippen LogP contribution < -0.4 is 14.8 Å². The van der Waals surface area contributed by atoms with Crippen molar-refractivity contribution in [2.45, 2.75) is 64.0 Å². The Morgan fingerprint density at radius 3 is 2.59 bits per heavy atom. The van der Waals surface area contributed by atoms with E-state index >= 15 is 0 Å². The summed E-state index contributed by atoms with van der Waals surface area (Å²) in [5.41, 5.74) is 0.651. The van der Waals surface area contributed by atoms with E-state index in [-0.39, 0.29) is 24.3 Å². The van der Waals surface area contributed by atoms with Crippen LogP contribution in [0.15, 0.2) is 35.7 Å². The lowest BCUT2D eigenvalue weighted by Gasteiger charge is -2.33. The van der Waals surface area contributed by atoms with Gasteiger partial charge in [0, 0.05) is 23.0 Å². The summed E-state index contributed by atoms with van der Waals surface area (Å²) in [5, 5.41) is 5.18. The van der Waals surface area contributed by atoms with E-state index < -0.39 is 6.04 Å². The van der Waals surface area contributed by atoms with Crippen molar-refractivity contribution in [2.75, 3.05) is 20.8 Å². The summed E-state index contributed by atoms with van der Waals surface area (Å²) in [5.74, 6) is 0.986. The van der Waals surface area contributed by atoms with Gasteiger partial charge in [-0.3, -0.25) is 9.59 Å². The fraction of sp³-hybridized carbons (Fsp3) is 0.520. The van der Waals surface area contributed by atoms with Crippen LogP contribution in [0.3, 0.4) is 0 Å². The number of hydrogen-bond donors (Lipinski definition) is 1. The third-order valence-electron chi connectivity index (χ3n) is 5.97. The van der Waals surface area contributed by atoms with Crippen LogP contribution in [0.2, 0.25) is 0 Å². The fourth-order valence-corrected chi connectivity index (χ4v) is 4.94. The molecular formula is C25H34N2O4S. The topological polar surface area (TPSA) is 67.9 Å². The highest BCUT2D eigenvalue weighted by Crippen LogP contribution is 2.34. The van der Waals surface area contributed by atoms with E-state index in [0.29, 0.717) is 23.6 Å². The molecule has 0 saturated heterocycles. The predicted octanol–water partition coefficient (Wildman–Crippen LogP) is 4.74. The number of hydrogen-bond acceptors (Lipinski definition) is 5. The second-order valence-corrected chi connectivity index (χ2v) is 9.23. The quantitative estimate of drug-likeness (QED) is 0.528. The molecule has 1 N–H and O–H groups in total. The van der Waals surface area contributed by atoms with Crippen molar-refractivity contribution in [3.63, 3.8) is 0 Å². The lowest BCUT2D eigenvalue weighted by Crippen LogP contribution is -2.47. The number of rotatable bonds is 11. The van der Waals surface area contributed by atoms with Gasteiger partial charge in [0.15, 0.2) is 0 Å². The molecule has 32 heavy (non-hydrogen) atoms. The molecule has 1 aliphatic rings. The molecule has 0 aliphatic heterocycles. The predicted molar refractivity (Wildman–Crippen MR) is 127 cm³/mol. The standard InChI is InChI=1S/C25H34N2O4S/c1-4-5-14-27(23(28)17-20-11-8-15-32-20)24(25(29)26-18-9-6-7-10-18)21-16-19(30-2)12-13-22(21)31-3/h8,11-13,15-16,18,24H,4-7,9-10,14,17H2,1-3H3,(H,26,29)/t24-/m0/s1. The average molecular weight is 459 g/mol. The number of carbonyl (C=O) groups excluding carboxylic acids is 2. The molecule has 3 rings (SSSR count). The van der Waals surface area contributed by atoms with Gasteiger partial charge in [-0.2, -0.15) is 0 Å². The average Bonchev–Trinajstić information content (AvgIpc) is 3.50. The summed E-state index contributed by atoms with van der Waals surface area (Å²) in [7, 11) is 3.18. The minimum Gasteiger partial charge on any atom is -0.497 e. The second-order valence-electron chi connectivity index (χ2n) is 8.20. The molecule has 0 spiro atoms. The minimum absolute atomic E-state index is 0.0580. The van der Waals surface area contributed by atoms with Gasteiger partial charge in [0.1, 0.15) is 17.5 Å². The third kappa shape index (κ3) is 6.03. The van der Waals surface area contributed by atoms with Crippen molar-refractivity contribution in [2.24, 2.45) is 0 Å². The molecule has 1 saturated carbocycles. The maximum absolute atomic E-state index is 13.7. The first-order chi connectivity index (χ1) is 15.6. The first-order valence-electron chi connectivity index (χ1n) is 11.4. The van der Waals surface area contributed by atoms with Gasteiger partial charge in [0.2, 0.25) is 11.8 Å². The fourth-order valence-electron chi connectivity index (χ4n) is 4.24. The molecule has 1 aromatic heterocycles. The van der Waals surface area contributed by atoms with Gasteiger partial charge in [-0.1, -0.05) is 32.3 Å². The molecule has 6 nitrogen and oxygen atoms in total. The lowest BCUT2D eigenvalue weighted by atomic mass is 10.0. The molecule has 1 fully saturated rings. The summed E-state index contributed by atoms with van der Waals surface area (Å²) >= 11 is 1.56. The number of benzene rings is 1. The van der Waals surface area contributed by atoms with Crippen LogP contribution >= 0.6 is 11.3 Å². The van der Waals surface area contributed by atoms with E-state index in [1.54, 1.807) is 42.6 Å². The maximum atomic E-state index is 13.7. The zero-order valence-corrected chi connectivity index (χ0v) is 20.1. The Labute approximate surface area is 194 Å². The van der Waals surface area contributed by atoms with Crippen molar-refractivity contribution in [1.29, 1.82) is 0 Å². The largest absolute Gasteiger partial charge is 0.497 e. The summed E-state index contributed by atoms with van der Waals surface area (Å²) in [4.78, 5) is 29.9. The van der Waals surface area contributed by atoms with E-state index in [4.69, 9.17) is 9.47 Å². The molecule has 2 amide bonds. The molecule has 0 bridgehead atoms. The number of ether oxygens (including phenoxy) is 2. The third-order valence-corrected chi connectivity index (χ3v) is 6.85. The van der Waals surface area contributed by atoms with E-state index in [1.165, 1.54) is 0 Å². The normalized spacial score (nSPS) is 14.7.